The van der Waals surface area contributed by atoms with E-state index in [-0.39, 0.29) is 11.1 Å². The van der Waals surface area contributed by atoms with Crippen LogP contribution in [0.3, 0.4) is 0 Å². The molecule has 9 heteroatoms. The number of hydrogen-bond acceptors (Lipinski definition) is 7. The molecule has 0 atom stereocenters. The number of carbonyl (C=O) groups is 2. The number of nitrogens with zero attached hydrogens (tertiary/aromatic N) is 5. The van der Waals surface area contributed by atoms with Gasteiger partial charge in [0.25, 0.3) is 11.1 Å². The van der Waals surface area contributed by atoms with E-state index in [4.69, 9.17) is 0 Å². The molecule has 4 rings (SSSR count). The Morgan fingerprint density at radius 1 is 1.30 bits per heavy atom. The molecule has 23 heavy (non-hydrogen) atoms. The van der Waals surface area contributed by atoms with Gasteiger partial charge >= 0.3 is 0 Å². The van der Waals surface area contributed by atoms with Crippen LogP contribution in [0.25, 0.3) is 6.08 Å². The SMILES string of the molecule is O=C1NC(=O)/C(=C/c2ccnc(N3CC(n4cccn4)C3)n2)S1. The highest BCUT2D eigenvalue weighted by atomic mass is 32.2. The van der Waals surface area contributed by atoms with Crippen LogP contribution in [-0.2, 0) is 4.79 Å². The third kappa shape index (κ3) is 2.70. The summed E-state index contributed by atoms with van der Waals surface area (Å²) in [5.74, 6) is 0.223. The number of anilines is 1. The quantitative estimate of drug-likeness (QED) is 0.842. The van der Waals surface area contributed by atoms with Crippen LogP contribution in [0.2, 0.25) is 0 Å². The number of rotatable bonds is 3. The fourth-order valence-electron chi connectivity index (χ4n) is 2.43. The molecule has 0 unspecified atom stereocenters. The van der Waals surface area contributed by atoms with Crippen molar-refractivity contribution in [2.75, 3.05) is 18.0 Å². The predicted octanol–water partition coefficient (Wildman–Crippen LogP) is 1.06. The summed E-state index contributed by atoms with van der Waals surface area (Å²) in [6.07, 6.45) is 6.95. The minimum absolute atomic E-state index is 0.324. The van der Waals surface area contributed by atoms with Crippen molar-refractivity contribution in [2.24, 2.45) is 0 Å². The van der Waals surface area contributed by atoms with Gasteiger partial charge in [-0.25, -0.2) is 9.97 Å². The highest BCUT2D eigenvalue weighted by molar-refractivity contribution is 8.18. The zero-order chi connectivity index (χ0) is 15.8. The maximum absolute atomic E-state index is 11.6. The molecule has 2 aliphatic heterocycles. The van der Waals surface area contributed by atoms with Crippen LogP contribution in [0.15, 0.2) is 35.6 Å². The van der Waals surface area contributed by atoms with Gasteiger partial charge in [-0.1, -0.05) is 0 Å². The maximum atomic E-state index is 11.6. The Kier molecular flexibility index (Phi) is 3.34. The third-order valence-corrected chi connectivity index (χ3v) is 4.44. The van der Waals surface area contributed by atoms with E-state index in [0.717, 1.165) is 24.9 Å². The van der Waals surface area contributed by atoms with E-state index in [1.165, 1.54) is 0 Å². The number of thioether (sulfide) groups is 1. The van der Waals surface area contributed by atoms with Gasteiger partial charge in [-0.3, -0.25) is 19.6 Å². The molecule has 2 aliphatic rings. The highest BCUT2D eigenvalue weighted by Crippen LogP contribution is 2.27. The minimum atomic E-state index is -0.386. The maximum Gasteiger partial charge on any atom is 0.290 e. The van der Waals surface area contributed by atoms with Gasteiger partial charge in [0.05, 0.1) is 16.6 Å². The fourth-order valence-corrected chi connectivity index (χ4v) is 3.10. The van der Waals surface area contributed by atoms with E-state index in [2.05, 4.69) is 20.4 Å². The van der Waals surface area contributed by atoms with Crippen LogP contribution < -0.4 is 10.2 Å². The molecule has 4 heterocycles. The smallest absolute Gasteiger partial charge is 0.290 e. The van der Waals surface area contributed by atoms with Crippen molar-refractivity contribution in [1.29, 1.82) is 0 Å². The van der Waals surface area contributed by atoms with Crippen LogP contribution in [-0.4, -0.2) is 44.0 Å². The number of hydrogen-bond donors (Lipinski definition) is 1. The van der Waals surface area contributed by atoms with E-state index >= 15 is 0 Å². The molecule has 1 N–H and O–H groups in total. The molecule has 0 saturated carbocycles. The van der Waals surface area contributed by atoms with Crippen LogP contribution in [0.5, 0.6) is 0 Å². The van der Waals surface area contributed by atoms with Gasteiger partial charge in [0.2, 0.25) is 5.95 Å². The first-order valence-corrected chi connectivity index (χ1v) is 7.83. The summed E-state index contributed by atoms with van der Waals surface area (Å²) in [7, 11) is 0. The summed E-state index contributed by atoms with van der Waals surface area (Å²) >= 11 is 0.877. The third-order valence-electron chi connectivity index (χ3n) is 3.63. The second-order valence-corrected chi connectivity index (χ2v) is 6.19. The summed E-state index contributed by atoms with van der Waals surface area (Å²) < 4.78 is 1.92. The Morgan fingerprint density at radius 2 is 2.17 bits per heavy atom. The molecule has 0 bridgehead atoms. The molecule has 2 saturated heterocycles. The Labute approximate surface area is 135 Å². The normalized spacial score (nSPS) is 20.0. The van der Waals surface area contributed by atoms with Crippen LogP contribution in [0, 0.1) is 0 Å². The van der Waals surface area contributed by atoms with Crippen molar-refractivity contribution in [3.8, 4) is 0 Å². The van der Waals surface area contributed by atoms with Gasteiger partial charge in [0.15, 0.2) is 0 Å². The molecule has 0 aliphatic carbocycles. The first-order valence-electron chi connectivity index (χ1n) is 7.01. The average Bonchev–Trinajstić information content (AvgIpc) is 3.09. The molecular formula is C14H12N6O2S. The Balaban J connectivity index is 1.49. The van der Waals surface area contributed by atoms with Gasteiger partial charge < -0.3 is 4.90 Å². The highest BCUT2D eigenvalue weighted by Gasteiger charge is 2.30. The Morgan fingerprint density at radius 3 is 2.87 bits per heavy atom. The summed E-state index contributed by atoms with van der Waals surface area (Å²) in [4.78, 5) is 33.8. The molecule has 116 valence electrons. The first-order chi connectivity index (χ1) is 11.2. The number of nitrogens with one attached hydrogen (secondary N) is 1. The van der Waals surface area contributed by atoms with Gasteiger partial charge in [-0.15, -0.1) is 0 Å². The van der Waals surface area contributed by atoms with Crippen LogP contribution in [0.1, 0.15) is 11.7 Å². The van der Waals surface area contributed by atoms with Crippen LogP contribution >= 0.6 is 11.8 Å². The first kappa shape index (κ1) is 13.9. The molecule has 8 nitrogen and oxygen atoms in total. The number of aromatic nitrogens is 4. The topological polar surface area (TPSA) is 93.0 Å². The van der Waals surface area contributed by atoms with Crippen molar-refractivity contribution in [2.45, 2.75) is 6.04 Å². The van der Waals surface area contributed by atoms with E-state index < -0.39 is 0 Å². The summed E-state index contributed by atoms with van der Waals surface area (Å²) in [5, 5.41) is 6.09. The minimum Gasteiger partial charge on any atom is -0.336 e. The zero-order valence-electron chi connectivity index (χ0n) is 11.9. The second kappa shape index (κ2) is 5.51. The van der Waals surface area contributed by atoms with Crippen molar-refractivity contribution in [1.82, 2.24) is 25.1 Å². The molecule has 2 aromatic rings. The molecule has 0 aromatic carbocycles. The Bertz CT molecular complexity index is 797. The molecule has 0 spiro atoms. The lowest BCUT2D eigenvalue weighted by molar-refractivity contribution is -0.115. The standard InChI is InChI=1S/C14H12N6O2S/c21-12-11(23-14(22)18-12)6-9-2-4-15-13(17-9)19-7-10(8-19)20-5-1-3-16-20/h1-6,10H,7-8H2,(H,18,21,22)/b11-6-. The number of amides is 2. The molecule has 0 radical (unpaired) electrons. The lowest BCUT2D eigenvalue weighted by atomic mass is 10.1. The van der Waals surface area contributed by atoms with Crippen molar-refractivity contribution < 1.29 is 9.59 Å². The van der Waals surface area contributed by atoms with E-state index in [1.54, 1.807) is 24.5 Å². The lowest BCUT2D eigenvalue weighted by Crippen LogP contribution is -2.48. The Hall–Kier alpha value is -2.68. The van der Waals surface area contributed by atoms with E-state index in [9.17, 15) is 9.59 Å². The summed E-state index contributed by atoms with van der Waals surface area (Å²) in [6, 6.07) is 3.93. The van der Waals surface area contributed by atoms with Gasteiger partial charge in [0.1, 0.15) is 0 Å². The predicted molar refractivity (Wildman–Crippen MR) is 84.6 cm³/mol. The van der Waals surface area contributed by atoms with Gasteiger partial charge in [-0.2, -0.15) is 5.10 Å². The number of carbonyl (C=O) groups excluding carboxylic acids is 2. The lowest BCUT2D eigenvalue weighted by Gasteiger charge is -2.39. The van der Waals surface area contributed by atoms with Gasteiger partial charge in [0, 0.05) is 31.7 Å². The van der Waals surface area contributed by atoms with Gasteiger partial charge in [-0.05, 0) is 30.0 Å². The van der Waals surface area contributed by atoms with E-state index in [1.807, 2.05) is 21.8 Å². The molecule has 2 aromatic heterocycles. The second-order valence-electron chi connectivity index (χ2n) is 5.18. The molecular weight excluding hydrogens is 316 g/mol. The van der Waals surface area contributed by atoms with Crippen LogP contribution in [0.4, 0.5) is 10.7 Å². The van der Waals surface area contributed by atoms with Crippen molar-refractivity contribution >= 4 is 34.9 Å². The van der Waals surface area contributed by atoms with Crippen molar-refractivity contribution in [3.63, 3.8) is 0 Å². The molecule has 2 amide bonds. The molecule has 2 fully saturated rings. The largest absolute Gasteiger partial charge is 0.336 e. The zero-order valence-corrected chi connectivity index (χ0v) is 12.7. The van der Waals surface area contributed by atoms with Crippen molar-refractivity contribution in [3.05, 3.63) is 41.3 Å². The number of imide groups is 1. The monoisotopic (exact) mass is 328 g/mol. The summed E-state index contributed by atoms with van der Waals surface area (Å²) in [6.45, 7) is 1.57. The summed E-state index contributed by atoms with van der Waals surface area (Å²) in [5.41, 5.74) is 0.602. The average molecular weight is 328 g/mol. The fraction of sp³-hybridized carbons (Fsp3) is 0.214. The van der Waals surface area contributed by atoms with E-state index in [0.29, 0.717) is 22.6 Å².